The summed E-state index contributed by atoms with van der Waals surface area (Å²) in [5.74, 6) is -3.27. The summed E-state index contributed by atoms with van der Waals surface area (Å²) < 4.78 is 0. The molecule has 0 aliphatic heterocycles. The Morgan fingerprint density at radius 1 is 0.102 bits per heavy atom. The van der Waals surface area contributed by atoms with Crippen molar-refractivity contribution in [1.29, 1.82) is 0 Å². The Kier molecular flexibility index (Phi) is 428. The van der Waals surface area contributed by atoms with Gasteiger partial charge in [0.05, 0.1) is 0 Å². The minimum Gasteiger partial charge on any atom is -0.481 e. The predicted octanol–water partition coefficient (Wildman–Crippen LogP) is 21.4. The summed E-state index contributed by atoms with van der Waals surface area (Å²) in [5, 5.41) is 42.6. The molecule has 10 nitrogen and oxygen atoms in total. The molecule has 0 radical (unpaired) electrons. The molecule has 0 aromatic carbocycles. The van der Waals surface area contributed by atoms with Crippen LogP contribution in [0.4, 0.5) is 0 Å². The van der Waals surface area contributed by atoms with Crippen molar-refractivity contribution in [3.8, 4) is 0 Å². The molecule has 0 heterocycles. The maximum Gasteiger partial charge on any atom is 2.00 e. The fourth-order valence-electron chi connectivity index (χ4n) is 13.2. The van der Waals surface area contributed by atoms with Crippen LogP contribution in [0.15, 0.2) is 0 Å². The summed E-state index contributed by atoms with van der Waals surface area (Å²) >= 11 is 0. The van der Waals surface area contributed by atoms with Crippen molar-refractivity contribution in [3.63, 3.8) is 0 Å². The van der Waals surface area contributed by atoms with Crippen LogP contribution in [-0.4, -0.2) is 678 Å². The fourth-order valence-corrected chi connectivity index (χ4v) is 13.2. The van der Waals surface area contributed by atoms with E-state index in [1.165, 1.54) is 417 Å². The van der Waals surface area contributed by atoms with Crippen LogP contribution in [0.2, 0.25) is 0 Å². The fraction of sp³-hybridized carbons (Fsp3) is 0.944. The van der Waals surface area contributed by atoms with Gasteiger partial charge in [-0.25, -0.2) is 0 Å². The molecule has 0 atom stereocenters. The summed E-state index contributed by atoms with van der Waals surface area (Å²) in [6, 6.07) is 0. The van der Waals surface area contributed by atoms with E-state index >= 15 is 0 Å². The largest absolute Gasteiger partial charge is 2.00 e. The molecule has 0 aliphatic carbocycles. The van der Waals surface area contributed by atoms with Crippen molar-refractivity contribution in [2.24, 2.45) is 0 Å². The summed E-state index contributed by atoms with van der Waals surface area (Å²) in [7, 11) is 0. The van der Waals surface area contributed by atoms with Gasteiger partial charge in [-0.2, -0.15) is 0 Å². The van der Waals surface area contributed by atoms with Crippen LogP contribution in [0.25, 0.3) is 0 Å². The standard InChI is InChI=1S/5C18H36O2.27Mg/c5*1-2-3-4-5-6-7-8-9-10-11-12-13-14-15-16-17-18(19)20;;;;;;;;;;;;;;;;;;;;;;;;;;;/h5*2-17H2,1H3,(H,19,20);;;;;;;;;;;;;;;;;;;;;;;;;;;/q;;;;;27*+2. The van der Waals surface area contributed by atoms with E-state index in [1.54, 1.807) is 0 Å². The van der Waals surface area contributed by atoms with Crippen LogP contribution < -0.4 is 0 Å². The number of carboxylic acid groups (broad SMARTS) is 5. The number of carboxylic acids is 5. The second kappa shape index (κ2) is 231. The third-order valence-electron chi connectivity index (χ3n) is 20.0. The van der Waals surface area contributed by atoms with E-state index in [0.717, 1.165) is 64.2 Å². The van der Waals surface area contributed by atoms with E-state index in [4.69, 9.17) is 25.5 Å². The molecule has 0 saturated carbocycles. The Morgan fingerprint density at radius 2 is 0.150 bits per heavy atom. The summed E-state index contributed by atoms with van der Waals surface area (Å²) in [6.45, 7) is 11.4. The molecule has 0 aromatic rings. The summed E-state index contributed by atoms with van der Waals surface area (Å²) in [5.41, 5.74) is 0. The summed E-state index contributed by atoms with van der Waals surface area (Å²) in [6.07, 6.45) is 101. The molecule has 0 amide bonds. The van der Waals surface area contributed by atoms with Gasteiger partial charge in [0.15, 0.2) is 0 Å². The van der Waals surface area contributed by atoms with Gasteiger partial charge >= 0.3 is 652 Å². The first-order valence-electron chi connectivity index (χ1n) is 44.9. The maximum absolute atomic E-state index is 10.3. The molecule has 0 saturated heterocycles. The zero-order chi connectivity index (χ0) is 74.5. The minimum atomic E-state index is -0.653. The van der Waals surface area contributed by atoms with Gasteiger partial charge in [-0.15, -0.1) is 0 Å². The quantitative estimate of drug-likeness (QED) is 0.0290. The molecule has 600 valence electrons. The first-order chi connectivity index (χ1) is 48.9. The van der Waals surface area contributed by atoms with E-state index in [9.17, 15) is 24.0 Å². The van der Waals surface area contributed by atoms with Gasteiger partial charge in [0.1, 0.15) is 0 Å². The van der Waals surface area contributed by atoms with E-state index < -0.39 is 29.8 Å². The SMILES string of the molecule is CCCCCCCCCCCCCCCCCC(=O)O.CCCCCCCCCCCCCCCCCC(=O)O.CCCCCCCCCCCCCCCCCC(=O)O.CCCCCCCCCCCCCCCCCC(=O)O.CCCCCCCCCCCCCCCCCC(=O)O.[Mg+2].[Mg+2].[Mg+2].[Mg+2].[Mg+2].[Mg+2].[Mg+2].[Mg+2].[Mg+2].[Mg+2].[Mg+2].[Mg+2].[Mg+2].[Mg+2].[Mg+2].[Mg+2].[Mg+2].[Mg+2].[Mg+2].[Mg+2].[Mg+2].[Mg+2].[Mg+2].[Mg+2].[Mg+2].[Mg+2].[Mg+2]. The molecule has 37 heteroatoms. The number of hydrogen-bond acceptors (Lipinski definition) is 5. The van der Waals surface area contributed by atoms with Crippen LogP contribution in [-0.2, 0) is 24.0 Å². The number of hydrogen-bond donors (Lipinski definition) is 5. The monoisotopic (exact) mass is 2070 g/mol. The van der Waals surface area contributed by atoms with Crippen LogP contribution in [0.5, 0.6) is 0 Å². The van der Waals surface area contributed by atoms with Crippen LogP contribution in [0.3, 0.4) is 0 Å². The smallest absolute Gasteiger partial charge is 0.481 e. The zero-order valence-corrected chi connectivity index (χ0v) is 126. The molecule has 0 aliphatic rings. The Labute approximate surface area is 1230 Å². The van der Waals surface area contributed by atoms with Gasteiger partial charge in [-0.05, 0) is 32.1 Å². The second-order valence-corrected chi connectivity index (χ2v) is 30.5. The molecule has 0 spiro atoms. The number of aliphatic carboxylic acids is 5. The minimum absolute atomic E-state index is 0. The van der Waals surface area contributed by atoms with Crippen LogP contribution in [0.1, 0.15) is 548 Å². The molecule has 127 heavy (non-hydrogen) atoms. The molecule has 0 rings (SSSR count). The van der Waals surface area contributed by atoms with Gasteiger partial charge in [-0.1, -0.05) is 484 Å². The van der Waals surface area contributed by atoms with Gasteiger partial charge in [0, 0.05) is 32.1 Å². The van der Waals surface area contributed by atoms with Gasteiger partial charge < -0.3 is 25.5 Å². The molecule has 0 aromatic heterocycles. The molecule has 0 unspecified atom stereocenters. The van der Waals surface area contributed by atoms with Gasteiger partial charge in [0.25, 0.3) is 0 Å². The third-order valence-corrected chi connectivity index (χ3v) is 20.0. The molecule has 0 bridgehead atoms. The van der Waals surface area contributed by atoms with Crippen LogP contribution >= 0.6 is 0 Å². The first kappa shape index (κ1) is 235. The van der Waals surface area contributed by atoms with Crippen molar-refractivity contribution >= 4 is 652 Å². The van der Waals surface area contributed by atoms with E-state index in [-0.39, 0.29) is 622 Å². The summed E-state index contributed by atoms with van der Waals surface area (Å²) in [4.78, 5) is 51.7. The van der Waals surface area contributed by atoms with E-state index in [1.807, 2.05) is 0 Å². The first-order valence-corrected chi connectivity index (χ1v) is 44.9. The van der Waals surface area contributed by atoms with Crippen molar-refractivity contribution in [2.75, 3.05) is 0 Å². The Bertz CT molecular complexity index is 1360. The number of rotatable bonds is 80. The van der Waals surface area contributed by atoms with E-state index in [0.29, 0.717) is 32.1 Å². The average Bonchev–Trinajstić information content (AvgIpc) is 1.11. The molecule has 0 fully saturated rings. The molecule has 5 N–H and O–H groups in total. The van der Waals surface area contributed by atoms with Crippen molar-refractivity contribution in [2.45, 2.75) is 548 Å². The Hall–Kier alpha value is 18.0. The van der Waals surface area contributed by atoms with Crippen molar-refractivity contribution < 1.29 is 49.5 Å². The van der Waals surface area contributed by atoms with E-state index in [2.05, 4.69) is 34.6 Å². The van der Waals surface area contributed by atoms with Crippen molar-refractivity contribution in [3.05, 3.63) is 0 Å². The van der Waals surface area contributed by atoms with Gasteiger partial charge in [0.2, 0.25) is 0 Å². The Balaban J connectivity index is -0.0000000281. The Morgan fingerprint density at radius 3 is 0.197 bits per heavy atom. The van der Waals surface area contributed by atoms with Crippen LogP contribution in [0, 0.1) is 0 Å². The normalized spacial score (nSPS) is 8.54. The third kappa shape index (κ3) is 274. The number of carbonyl (C=O) groups is 5. The van der Waals surface area contributed by atoms with Crippen molar-refractivity contribution in [1.82, 2.24) is 0 Å². The molecular weight excluding hydrogens is 1900 g/mol. The zero-order valence-electron chi connectivity index (χ0n) is 87.4. The topological polar surface area (TPSA) is 186 Å². The maximum atomic E-state index is 10.3. The number of unbranched alkanes of at least 4 members (excludes halogenated alkanes) is 70. The van der Waals surface area contributed by atoms with Gasteiger partial charge in [-0.3, -0.25) is 24.0 Å². The molecular formula is C90H180Mg27O10+54. The second-order valence-electron chi connectivity index (χ2n) is 30.5. The predicted molar refractivity (Wildman–Crippen MR) is 591 cm³/mol. The average molecular weight is 2080 g/mol.